The maximum atomic E-state index is 15.0. The maximum Gasteiger partial charge on any atom is 0.349 e. The van der Waals surface area contributed by atoms with Crippen LogP contribution >= 0.6 is 0 Å². The van der Waals surface area contributed by atoms with E-state index in [-0.39, 0.29) is 72.4 Å². The van der Waals surface area contributed by atoms with Gasteiger partial charge in [-0.1, -0.05) is 24.3 Å². The van der Waals surface area contributed by atoms with Crippen molar-refractivity contribution < 1.29 is 38.4 Å². The summed E-state index contributed by atoms with van der Waals surface area (Å²) in [4.78, 5) is 217. The number of benzene rings is 2. The number of nitrogens with one attached hydrogen (secondary N) is 13. The number of hydrogen-bond donors (Lipinski definition) is 17. The predicted octanol–water partition coefficient (Wildman–Crippen LogP) is -8.82. The number of primary amides is 1. The van der Waals surface area contributed by atoms with Crippen molar-refractivity contribution in [1.29, 1.82) is 10.8 Å². The summed E-state index contributed by atoms with van der Waals surface area (Å²) in [7, 11) is 1.06. The summed E-state index contributed by atoms with van der Waals surface area (Å²) in [5, 5.41) is 34.0. The standard InChI is InChI=1S/C53H67N23O15/c1-26(77)62-32(14-8-18-61-49(58)59)41(81)67-36(22-74-20-16-38(78)71-51(74)89)47(87)72(2)25-39(79)63-34(23-75-45(85)27-9-3-5-11-29(27)68-52(75)90)43(83)66-35(24-76-46(86)28-10-4-6-12-30(28)69-53(76)91)44(84)65-33(21-73-19-15-37(54)70-50(73)88)42(82)64-31(40(55)80)13-7-17-60-48(56)57/h3-6,9-12,15-16,19-20,31-36H,7-8,13-14,17-18,21-25H2,1-2H3,(H2,55,80)(H,62,77)(H,63,79)(H,64,82)(H,65,84)(H,66,83)(H,67,81)(H,68,90)(H,69,91)(H2,54,70,88)(H4,56,57,60)(H4,58,59,61)(H,71,78,89)/t31-,32-,33+,34+,35+,36+/m0/s1. The molecule has 0 bridgehead atoms. The third-order valence-electron chi connectivity index (χ3n) is 13.7. The highest BCUT2D eigenvalue weighted by molar-refractivity contribution is 5.97. The van der Waals surface area contributed by atoms with E-state index in [1.54, 1.807) is 0 Å². The Labute approximate surface area is 510 Å². The monoisotopic (exact) mass is 1270 g/mol. The molecule has 0 saturated heterocycles. The van der Waals surface area contributed by atoms with Gasteiger partial charge in [0.2, 0.25) is 47.3 Å². The van der Waals surface area contributed by atoms with Crippen LogP contribution in [0.25, 0.3) is 21.8 Å². The largest absolute Gasteiger partial charge is 0.383 e. The number of aromatic nitrogens is 8. The number of nitrogens with zero attached hydrogens (tertiary/aromatic N) is 6. The van der Waals surface area contributed by atoms with Crippen molar-refractivity contribution in [2.24, 2.45) is 17.2 Å². The quantitative estimate of drug-likeness (QED) is 0.0113. The number of likely N-dealkylation sites (N-methyl/N-ethyl adjacent to an activating group) is 1. The zero-order valence-corrected chi connectivity index (χ0v) is 48.8. The van der Waals surface area contributed by atoms with E-state index >= 15 is 4.79 Å². The fraction of sp³-hybridized carbons (Fsp3) is 0.358. The molecule has 6 aromatic rings. The second-order valence-corrected chi connectivity index (χ2v) is 20.5. The summed E-state index contributed by atoms with van der Waals surface area (Å²) >= 11 is 0. The average Bonchev–Trinajstić information content (AvgIpc) is 1.34. The number of aromatic amines is 3. The fourth-order valence-corrected chi connectivity index (χ4v) is 9.17. The number of para-hydroxylation sites is 2. The Balaban J connectivity index is 1.39. The summed E-state index contributed by atoms with van der Waals surface area (Å²) in [6.07, 6.45) is 2.13. The summed E-state index contributed by atoms with van der Waals surface area (Å²) < 4.78 is 2.68. The molecule has 8 amide bonds. The second kappa shape index (κ2) is 31.1. The molecule has 0 unspecified atom stereocenters. The van der Waals surface area contributed by atoms with Crippen LogP contribution in [-0.4, -0.2) is 165 Å². The molecule has 2 aromatic carbocycles. The number of fused-ring (bicyclic) bond motifs is 2. The van der Waals surface area contributed by atoms with E-state index in [2.05, 4.69) is 57.5 Å². The van der Waals surface area contributed by atoms with Gasteiger partial charge in [-0.05, 0) is 56.0 Å². The van der Waals surface area contributed by atoms with E-state index in [0.717, 1.165) is 46.5 Å². The molecular formula is C53H67N23O15. The van der Waals surface area contributed by atoms with Crippen LogP contribution in [0.4, 0.5) is 5.82 Å². The number of guanidine groups is 2. The van der Waals surface area contributed by atoms with Gasteiger partial charge in [0.15, 0.2) is 11.9 Å². The number of H-pyrrole nitrogens is 3. The van der Waals surface area contributed by atoms with Gasteiger partial charge in [-0.3, -0.25) is 86.8 Å². The van der Waals surface area contributed by atoms with E-state index in [1.807, 2.05) is 4.98 Å². The highest BCUT2D eigenvalue weighted by Crippen LogP contribution is 2.09. The Kier molecular flexibility index (Phi) is 23.2. The molecule has 6 rings (SSSR count). The number of amides is 8. The predicted molar refractivity (Wildman–Crippen MR) is 324 cm³/mol. The molecule has 0 fully saturated rings. The molecule has 38 heteroatoms. The summed E-state index contributed by atoms with van der Waals surface area (Å²) in [6.45, 7) is -3.41. The van der Waals surface area contributed by atoms with Gasteiger partial charge in [0, 0.05) is 45.5 Å². The van der Waals surface area contributed by atoms with Gasteiger partial charge < -0.3 is 80.3 Å². The van der Waals surface area contributed by atoms with Crippen molar-refractivity contribution >= 4 is 86.8 Å². The lowest BCUT2D eigenvalue weighted by Crippen LogP contribution is -2.62. The first-order chi connectivity index (χ1) is 43.1. The molecule has 0 spiro atoms. The van der Waals surface area contributed by atoms with Gasteiger partial charge >= 0.3 is 22.8 Å². The first-order valence-corrected chi connectivity index (χ1v) is 27.6. The number of hydrogen-bond acceptors (Lipinski definition) is 19. The summed E-state index contributed by atoms with van der Waals surface area (Å²) in [5.74, 6) is -10.1. The van der Waals surface area contributed by atoms with E-state index < -0.39 is 162 Å². The molecule has 21 N–H and O–H groups in total. The van der Waals surface area contributed by atoms with E-state index in [0.29, 0.717) is 9.13 Å². The van der Waals surface area contributed by atoms with Gasteiger partial charge in [-0.2, -0.15) is 4.98 Å². The SMILES string of the molecule is CC(=O)N[C@@H](CCCNC(=N)N)C(=O)N[C@H](Cn1ccc(=O)[nH]c1=O)C(=O)N(C)CC(=O)N[C@H](Cn1c(=O)[nH]c2ccccc2c1=O)C(=O)N[C@H](Cn1c(=O)[nH]c2ccccc2c1=O)C(=O)N[C@H](Cn1ccc(N)nc1=O)C(=O)N[C@@H](CCCNC(=N)N)C(N)=O. The average molecular weight is 1270 g/mol. The van der Waals surface area contributed by atoms with Gasteiger partial charge in [0.1, 0.15) is 42.1 Å². The van der Waals surface area contributed by atoms with Gasteiger partial charge in [-0.15, -0.1) is 0 Å². The number of nitrogens with two attached hydrogens (primary N) is 4. The van der Waals surface area contributed by atoms with E-state index in [1.165, 1.54) is 54.6 Å². The van der Waals surface area contributed by atoms with Crippen molar-refractivity contribution in [2.75, 3.05) is 32.4 Å². The Morgan fingerprint density at radius 2 is 1.00 bits per heavy atom. The minimum Gasteiger partial charge on any atom is -0.383 e. The first-order valence-electron chi connectivity index (χ1n) is 27.6. The topological polar surface area (TPSA) is 587 Å². The zero-order valence-electron chi connectivity index (χ0n) is 48.8. The second-order valence-electron chi connectivity index (χ2n) is 20.5. The van der Waals surface area contributed by atoms with Gasteiger partial charge in [0.05, 0.1) is 54.5 Å². The van der Waals surface area contributed by atoms with Crippen LogP contribution in [0.3, 0.4) is 0 Å². The van der Waals surface area contributed by atoms with Crippen molar-refractivity contribution in [3.05, 3.63) is 146 Å². The van der Waals surface area contributed by atoms with Gasteiger partial charge in [-0.25, -0.2) is 19.2 Å². The van der Waals surface area contributed by atoms with Crippen molar-refractivity contribution in [1.82, 2.24) is 85.6 Å². The number of rotatable bonds is 30. The highest BCUT2D eigenvalue weighted by atomic mass is 16.2. The molecule has 0 aliphatic rings. The Hall–Kier alpha value is -12.0. The van der Waals surface area contributed by atoms with E-state index in [9.17, 15) is 67.1 Å². The first kappa shape index (κ1) is 68.1. The normalized spacial score (nSPS) is 13.0. The molecular weight excluding hydrogens is 1200 g/mol. The Morgan fingerprint density at radius 3 is 1.49 bits per heavy atom. The van der Waals surface area contributed by atoms with Crippen molar-refractivity contribution in [3.63, 3.8) is 0 Å². The lowest BCUT2D eigenvalue weighted by Gasteiger charge is -2.28. The maximum absolute atomic E-state index is 15.0. The third-order valence-corrected chi connectivity index (χ3v) is 13.7. The number of carbonyl (C=O) groups excluding carboxylic acids is 8. The third kappa shape index (κ3) is 19.0. The minimum absolute atomic E-state index is 0.0482. The number of carbonyl (C=O) groups is 8. The lowest BCUT2D eigenvalue weighted by molar-refractivity contribution is -0.140. The van der Waals surface area contributed by atoms with Crippen LogP contribution in [0.5, 0.6) is 0 Å². The van der Waals surface area contributed by atoms with E-state index in [4.69, 9.17) is 33.8 Å². The summed E-state index contributed by atoms with van der Waals surface area (Å²) in [5.41, 5.74) is 15.0. The molecule has 484 valence electrons. The molecule has 0 aliphatic carbocycles. The van der Waals surface area contributed by atoms with Crippen LogP contribution in [0.15, 0.2) is 107 Å². The van der Waals surface area contributed by atoms with Crippen LogP contribution in [0, 0.1) is 10.8 Å². The van der Waals surface area contributed by atoms with Crippen molar-refractivity contribution in [2.45, 2.75) is 95.0 Å². The fourth-order valence-electron chi connectivity index (χ4n) is 9.17. The Bertz CT molecular complexity index is 4220. The molecule has 6 atom stereocenters. The Morgan fingerprint density at radius 1 is 0.549 bits per heavy atom. The zero-order chi connectivity index (χ0) is 66.8. The van der Waals surface area contributed by atoms with Crippen LogP contribution in [-0.2, 0) is 64.5 Å². The number of anilines is 1. The smallest absolute Gasteiger partial charge is 0.349 e. The van der Waals surface area contributed by atoms with Crippen LogP contribution < -0.4 is 105 Å². The molecule has 0 saturated carbocycles. The van der Waals surface area contributed by atoms with Crippen molar-refractivity contribution in [3.8, 4) is 0 Å². The van der Waals surface area contributed by atoms with Crippen LogP contribution in [0.2, 0.25) is 0 Å². The molecule has 4 aromatic heterocycles. The number of nitrogen functional groups attached to an aromatic ring is 1. The minimum atomic E-state index is -2.20. The summed E-state index contributed by atoms with van der Waals surface area (Å²) in [6, 6.07) is 2.64. The lowest BCUT2D eigenvalue weighted by atomic mass is 10.1. The molecule has 0 aliphatic heterocycles. The highest BCUT2D eigenvalue weighted by Gasteiger charge is 2.35. The van der Waals surface area contributed by atoms with Crippen LogP contribution in [0.1, 0.15) is 32.6 Å². The molecule has 0 radical (unpaired) electrons. The van der Waals surface area contributed by atoms with Gasteiger partial charge in [0.25, 0.3) is 16.7 Å². The molecule has 4 heterocycles. The molecule has 91 heavy (non-hydrogen) atoms. The molecule has 38 nitrogen and oxygen atoms in total.